The molecule has 0 aromatic carbocycles. The summed E-state index contributed by atoms with van der Waals surface area (Å²) in [5.74, 6) is 0.154. The molecule has 1 saturated carbocycles. The summed E-state index contributed by atoms with van der Waals surface area (Å²) in [5.41, 5.74) is 4.59. The molecule has 0 spiro atoms. The molecule has 0 atom stereocenters. The maximum Gasteiger partial charge on any atom is 0.220 e. The Bertz CT molecular complexity index is 737. The number of nitrogens with zero attached hydrogens (tertiary/aromatic N) is 4. The van der Waals surface area contributed by atoms with Gasteiger partial charge < -0.3 is 5.32 Å². The Labute approximate surface area is 149 Å². The second kappa shape index (κ2) is 7.42. The van der Waals surface area contributed by atoms with Crippen LogP contribution in [-0.2, 0) is 18.3 Å². The lowest BCUT2D eigenvalue weighted by Crippen LogP contribution is -2.38. The van der Waals surface area contributed by atoms with Gasteiger partial charge in [-0.3, -0.25) is 14.2 Å². The zero-order valence-electron chi connectivity index (χ0n) is 15.7. The average molecular weight is 343 g/mol. The van der Waals surface area contributed by atoms with Crippen LogP contribution in [0.1, 0.15) is 60.7 Å². The van der Waals surface area contributed by atoms with Gasteiger partial charge in [-0.05, 0) is 64.0 Å². The number of hydrogen-bond acceptors (Lipinski definition) is 3. The summed E-state index contributed by atoms with van der Waals surface area (Å²) in [7, 11) is 1.95. The third-order valence-electron chi connectivity index (χ3n) is 5.43. The number of aromatic nitrogens is 4. The number of hydrogen-bond donors (Lipinski definition) is 1. The standard InChI is InChI=1S/C19H29N5O/c1-13-11-20-24(12-13)17-7-5-16(6-8-17)21-19(25)10-9-18-14(2)22-23(4)15(18)3/h11-12,16-17H,5-10H2,1-4H3,(H,21,25). The van der Waals surface area contributed by atoms with Gasteiger partial charge in [0.25, 0.3) is 0 Å². The van der Waals surface area contributed by atoms with Crippen LogP contribution in [0.3, 0.4) is 0 Å². The smallest absolute Gasteiger partial charge is 0.220 e. The monoisotopic (exact) mass is 343 g/mol. The van der Waals surface area contributed by atoms with E-state index in [2.05, 4.69) is 40.2 Å². The highest BCUT2D eigenvalue weighted by Crippen LogP contribution is 2.28. The van der Waals surface area contributed by atoms with Crippen molar-refractivity contribution in [3.05, 3.63) is 34.9 Å². The van der Waals surface area contributed by atoms with Crippen molar-refractivity contribution in [2.24, 2.45) is 7.05 Å². The number of rotatable bonds is 5. The minimum absolute atomic E-state index is 0.154. The molecule has 1 fully saturated rings. The van der Waals surface area contributed by atoms with Crippen LogP contribution in [0, 0.1) is 20.8 Å². The maximum atomic E-state index is 12.3. The van der Waals surface area contributed by atoms with Crippen molar-refractivity contribution in [2.45, 2.75) is 71.4 Å². The SMILES string of the molecule is Cc1cnn(C2CCC(NC(=O)CCc3c(C)nn(C)c3C)CC2)c1. The fraction of sp³-hybridized carbons (Fsp3) is 0.632. The Balaban J connectivity index is 1.45. The van der Waals surface area contributed by atoms with Crippen molar-refractivity contribution in [2.75, 3.05) is 0 Å². The first-order valence-corrected chi connectivity index (χ1v) is 9.23. The Hall–Kier alpha value is -2.11. The van der Waals surface area contributed by atoms with Crippen LogP contribution in [0.4, 0.5) is 0 Å². The number of carbonyl (C=O) groups excluding carboxylic acids is 1. The molecule has 0 aliphatic heterocycles. The molecule has 2 heterocycles. The lowest BCUT2D eigenvalue weighted by molar-refractivity contribution is -0.122. The van der Waals surface area contributed by atoms with Crippen molar-refractivity contribution < 1.29 is 4.79 Å². The highest BCUT2D eigenvalue weighted by Gasteiger charge is 2.24. The van der Waals surface area contributed by atoms with Gasteiger partial charge in [0.1, 0.15) is 0 Å². The Morgan fingerprint density at radius 2 is 1.96 bits per heavy atom. The molecule has 0 saturated heterocycles. The van der Waals surface area contributed by atoms with Crippen molar-refractivity contribution in [3.8, 4) is 0 Å². The minimum Gasteiger partial charge on any atom is -0.353 e. The molecule has 6 heteroatoms. The normalized spacial score (nSPS) is 20.6. The first-order chi connectivity index (χ1) is 11.9. The van der Waals surface area contributed by atoms with E-state index < -0.39 is 0 Å². The third kappa shape index (κ3) is 4.11. The quantitative estimate of drug-likeness (QED) is 0.908. The molecule has 0 bridgehead atoms. The van der Waals surface area contributed by atoms with Crippen LogP contribution in [0.5, 0.6) is 0 Å². The first kappa shape index (κ1) is 17.7. The average Bonchev–Trinajstić information content (AvgIpc) is 3.11. The van der Waals surface area contributed by atoms with E-state index in [9.17, 15) is 4.79 Å². The van der Waals surface area contributed by atoms with Gasteiger partial charge in [-0.2, -0.15) is 10.2 Å². The minimum atomic E-state index is 0.154. The molecule has 3 rings (SSSR count). The number of nitrogens with one attached hydrogen (secondary N) is 1. The molecule has 0 unspecified atom stereocenters. The van der Waals surface area contributed by atoms with Gasteiger partial charge in [0.05, 0.1) is 17.9 Å². The molecule has 1 amide bonds. The number of aryl methyl sites for hydroxylation is 3. The molecule has 1 aliphatic rings. The Kier molecular flexibility index (Phi) is 5.25. The van der Waals surface area contributed by atoms with Crippen LogP contribution < -0.4 is 5.32 Å². The van der Waals surface area contributed by atoms with Gasteiger partial charge in [0.15, 0.2) is 0 Å². The van der Waals surface area contributed by atoms with Crippen molar-refractivity contribution >= 4 is 5.91 Å². The first-order valence-electron chi connectivity index (χ1n) is 9.23. The number of amides is 1. The van der Waals surface area contributed by atoms with Gasteiger partial charge in [-0.25, -0.2) is 0 Å². The fourth-order valence-electron chi connectivity index (χ4n) is 3.84. The van der Waals surface area contributed by atoms with Gasteiger partial charge >= 0.3 is 0 Å². The summed E-state index contributed by atoms with van der Waals surface area (Å²) in [6.45, 7) is 6.14. The van der Waals surface area contributed by atoms with E-state index in [4.69, 9.17) is 0 Å². The highest BCUT2D eigenvalue weighted by atomic mass is 16.1. The third-order valence-corrected chi connectivity index (χ3v) is 5.43. The van der Waals surface area contributed by atoms with Crippen molar-refractivity contribution in [1.82, 2.24) is 24.9 Å². The Morgan fingerprint density at radius 1 is 1.24 bits per heavy atom. The van der Waals surface area contributed by atoms with Gasteiger partial charge in [0.2, 0.25) is 5.91 Å². The van der Waals surface area contributed by atoms with Crippen LogP contribution in [0.25, 0.3) is 0 Å². The molecular weight excluding hydrogens is 314 g/mol. The lowest BCUT2D eigenvalue weighted by Gasteiger charge is -2.29. The maximum absolute atomic E-state index is 12.3. The van der Waals surface area contributed by atoms with Gasteiger partial charge in [-0.15, -0.1) is 0 Å². The van der Waals surface area contributed by atoms with E-state index >= 15 is 0 Å². The largest absolute Gasteiger partial charge is 0.353 e. The summed E-state index contributed by atoms with van der Waals surface area (Å²) < 4.78 is 3.97. The molecule has 1 aliphatic carbocycles. The summed E-state index contributed by atoms with van der Waals surface area (Å²) in [4.78, 5) is 12.3. The van der Waals surface area contributed by atoms with E-state index in [1.165, 1.54) is 11.1 Å². The number of carbonyl (C=O) groups is 1. The fourth-order valence-corrected chi connectivity index (χ4v) is 3.84. The summed E-state index contributed by atoms with van der Waals surface area (Å²) in [6.07, 6.45) is 9.53. The molecule has 1 N–H and O–H groups in total. The van der Waals surface area contributed by atoms with Crippen molar-refractivity contribution in [1.29, 1.82) is 0 Å². The van der Waals surface area contributed by atoms with Crippen LogP contribution in [0.2, 0.25) is 0 Å². The van der Waals surface area contributed by atoms with Gasteiger partial charge in [0, 0.05) is 31.4 Å². The summed E-state index contributed by atoms with van der Waals surface area (Å²) >= 11 is 0. The van der Waals surface area contributed by atoms with E-state index in [1.807, 2.05) is 24.9 Å². The van der Waals surface area contributed by atoms with Crippen molar-refractivity contribution in [3.63, 3.8) is 0 Å². The van der Waals surface area contributed by atoms with E-state index in [1.54, 1.807) is 0 Å². The van der Waals surface area contributed by atoms with Crippen LogP contribution >= 0.6 is 0 Å². The predicted molar refractivity (Wildman–Crippen MR) is 97.4 cm³/mol. The molecule has 136 valence electrons. The zero-order chi connectivity index (χ0) is 18.0. The van der Waals surface area contributed by atoms with Crippen LogP contribution in [-0.4, -0.2) is 31.5 Å². The second-order valence-corrected chi connectivity index (χ2v) is 7.34. The highest BCUT2D eigenvalue weighted by molar-refractivity contribution is 5.76. The Morgan fingerprint density at radius 3 is 2.52 bits per heavy atom. The van der Waals surface area contributed by atoms with E-state index in [0.717, 1.165) is 43.5 Å². The van der Waals surface area contributed by atoms with E-state index in [-0.39, 0.29) is 5.91 Å². The molecule has 0 radical (unpaired) electrons. The summed E-state index contributed by atoms with van der Waals surface area (Å²) in [6, 6.07) is 0.777. The van der Waals surface area contributed by atoms with Crippen LogP contribution in [0.15, 0.2) is 12.4 Å². The molecule has 2 aromatic heterocycles. The molecular formula is C19H29N5O. The molecule has 2 aromatic rings. The zero-order valence-corrected chi connectivity index (χ0v) is 15.7. The molecule has 25 heavy (non-hydrogen) atoms. The molecule has 6 nitrogen and oxygen atoms in total. The lowest BCUT2D eigenvalue weighted by atomic mass is 9.91. The predicted octanol–water partition coefficient (Wildman–Crippen LogP) is 2.77. The summed E-state index contributed by atoms with van der Waals surface area (Å²) in [5, 5.41) is 12.1. The topological polar surface area (TPSA) is 64.7 Å². The second-order valence-electron chi connectivity index (χ2n) is 7.34. The van der Waals surface area contributed by atoms with Gasteiger partial charge in [-0.1, -0.05) is 0 Å². The van der Waals surface area contributed by atoms with E-state index in [0.29, 0.717) is 18.5 Å².